The molecule has 0 aromatic heterocycles. The molecule has 0 aliphatic carbocycles. The molecule has 0 unspecified atom stereocenters. The zero-order valence-electron chi connectivity index (χ0n) is 13.1. The molecule has 0 saturated carbocycles. The number of fused-ring (bicyclic) bond motifs is 1. The Morgan fingerprint density at radius 2 is 1.68 bits per heavy atom. The third-order valence-corrected chi connectivity index (χ3v) is 4.10. The van der Waals surface area contributed by atoms with Crippen LogP contribution in [0, 0.1) is 6.92 Å². The molecular weight excluding hydrogens is 266 g/mol. The summed E-state index contributed by atoms with van der Waals surface area (Å²) in [6.07, 6.45) is 5.36. The number of hydrogen-bond donors (Lipinski definition) is 1. The van der Waals surface area contributed by atoms with Crippen LogP contribution in [-0.2, 0) is 6.42 Å². The fourth-order valence-corrected chi connectivity index (χ4v) is 2.85. The number of hydrogen-bond acceptors (Lipinski definition) is 1. The van der Waals surface area contributed by atoms with Crippen molar-refractivity contribution in [2.24, 2.45) is 0 Å². The van der Waals surface area contributed by atoms with E-state index in [1.54, 1.807) is 0 Å². The van der Waals surface area contributed by atoms with Crippen LogP contribution in [0.2, 0.25) is 0 Å². The topological polar surface area (TPSA) is 12.0 Å². The van der Waals surface area contributed by atoms with Crippen molar-refractivity contribution >= 4 is 23.0 Å². The molecule has 0 radical (unpaired) electrons. The molecular formula is C21H21N. The number of benzene rings is 3. The molecule has 0 aliphatic rings. The maximum Gasteiger partial charge on any atom is 0.00485 e. The van der Waals surface area contributed by atoms with Crippen LogP contribution in [0.5, 0.6) is 0 Å². The SMILES string of the molecule is CN/C=c1\c(=C/Cc2ccccc2C)ccc2ccccc12. The van der Waals surface area contributed by atoms with Gasteiger partial charge >= 0.3 is 0 Å². The van der Waals surface area contributed by atoms with Crippen molar-refractivity contribution in [1.29, 1.82) is 0 Å². The van der Waals surface area contributed by atoms with Crippen molar-refractivity contribution in [2.75, 3.05) is 7.05 Å². The first kappa shape index (κ1) is 14.4. The Balaban J connectivity index is 2.15. The van der Waals surface area contributed by atoms with Gasteiger partial charge in [-0.05, 0) is 40.5 Å². The minimum atomic E-state index is 0.954. The van der Waals surface area contributed by atoms with Gasteiger partial charge in [0.05, 0.1) is 0 Å². The van der Waals surface area contributed by atoms with Crippen LogP contribution in [0.4, 0.5) is 0 Å². The highest BCUT2D eigenvalue weighted by Gasteiger charge is 1.97. The summed E-state index contributed by atoms with van der Waals surface area (Å²) in [6, 6.07) is 21.5. The van der Waals surface area contributed by atoms with E-state index >= 15 is 0 Å². The van der Waals surface area contributed by atoms with Crippen molar-refractivity contribution < 1.29 is 0 Å². The Labute approximate surface area is 131 Å². The predicted molar refractivity (Wildman–Crippen MR) is 96.1 cm³/mol. The second kappa shape index (κ2) is 6.48. The van der Waals surface area contributed by atoms with Gasteiger partial charge in [0.25, 0.3) is 0 Å². The summed E-state index contributed by atoms with van der Waals surface area (Å²) in [7, 11) is 1.95. The normalized spacial score (nSPS) is 12.8. The molecule has 0 heterocycles. The molecule has 0 aliphatic heterocycles. The highest BCUT2D eigenvalue weighted by Crippen LogP contribution is 2.09. The van der Waals surface area contributed by atoms with Crippen LogP contribution in [0.3, 0.4) is 0 Å². The fraction of sp³-hybridized carbons (Fsp3) is 0.143. The Morgan fingerprint density at radius 1 is 0.909 bits per heavy atom. The number of rotatable bonds is 3. The number of aryl methyl sites for hydroxylation is 1. The van der Waals surface area contributed by atoms with Crippen molar-refractivity contribution in [3.63, 3.8) is 0 Å². The molecule has 1 N–H and O–H groups in total. The van der Waals surface area contributed by atoms with E-state index in [2.05, 4.69) is 85.2 Å². The van der Waals surface area contributed by atoms with Gasteiger partial charge in [-0.15, -0.1) is 0 Å². The van der Waals surface area contributed by atoms with E-state index < -0.39 is 0 Å². The third-order valence-electron chi connectivity index (χ3n) is 4.10. The molecule has 0 spiro atoms. The largest absolute Gasteiger partial charge is 0.393 e. The molecule has 0 bridgehead atoms. The highest BCUT2D eigenvalue weighted by atomic mass is 14.8. The Bertz CT molecular complexity index is 907. The minimum Gasteiger partial charge on any atom is -0.393 e. The van der Waals surface area contributed by atoms with Gasteiger partial charge in [-0.3, -0.25) is 0 Å². The third kappa shape index (κ3) is 2.89. The quantitative estimate of drug-likeness (QED) is 0.780. The molecule has 3 rings (SSSR count). The first-order valence-corrected chi connectivity index (χ1v) is 7.69. The molecule has 1 heteroatoms. The van der Waals surface area contributed by atoms with Crippen LogP contribution in [0.25, 0.3) is 23.0 Å². The van der Waals surface area contributed by atoms with Crippen molar-refractivity contribution in [3.8, 4) is 0 Å². The van der Waals surface area contributed by atoms with Gasteiger partial charge in [-0.25, -0.2) is 0 Å². The molecule has 0 atom stereocenters. The summed E-state index contributed by atoms with van der Waals surface area (Å²) in [5.74, 6) is 0. The molecule has 110 valence electrons. The van der Waals surface area contributed by atoms with Gasteiger partial charge in [-0.2, -0.15) is 0 Å². The van der Waals surface area contributed by atoms with Gasteiger partial charge in [0.1, 0.15) is 0 Å². The maximum absolute atomic E-state index is 3.18. The lowest BCUT2D eigenvalue weighted by Crippen LogP contribution is -2.27. The van der Waals surface area contributed by atoms with Gasteiger partial charge < -0.3 is 5.32 Å². The first-order valence-electron chi connectivity index (χ1n) is 7.69. The molecule has 0 amide bonds. The maximum atomic E-state index is 3.18. The van der Waals surface area contributed by atoms with Crippen LogP contribution in [-0.4, -0.2) is 7.05 Å². The average Bonchev–Trinajstić information content (AvgIpc) is 2.55. The van der Waals surface area contributed by atoms with E-state index in [9.17, 15) is 0 Å². The molecule has 22 heavy (non-hydrogen) atoms. The van der Waals surface area contributed by atoms with Gasteiger partial charge in [0.2, 0.25) is 0 Å². The molecule has 1 nitrogen and oxygen atoms in total. The van der Waals surface area contributed by atoms with Crippen molar-refractivity contribution in [1.82, 2.24) is 5.32 Å². The summed E-state index contributed by atoms with van der Waals surface area (Å²) >= 11 is 0. The van der Waals surface area contributed by atoms with E-state index in [4.69, 9.17) is 0 Å². The van der Waals surface area contributed by atoms with Crippen LogP contribution >= 0.6 is 0 Å². The lowest BCUT2D eigenvalue weighted by Gasteiger charge is -2.03. The van der Waals surface area contributed by atoms with E-state index in [0.717, 1.165) is 6.42 Å². The molecule has 0 saturated heterocycles. The summed E-state index contributed by atoms with van der Waals surface area (Å²) in [4.78, 5) is 0. The van der Waals surface area contributed by atoms with Gasteiger partial charge in [0, 0.05) is 18.5 Å². The van der Waals surface area contributed by atoms with Crippen LogP contribution in [0.15, 0.2) is 60.7 Å². The van der Waals surface area contributed by atoms with Crippen LogP contribution < -0.4 is 15.8 Å². The average molecular weight is 287 g/mol. The van der Waals surface area contributed by atoms with Crippen molar-refractivity contribution in [2.45, 2.75) is 13.3 Å². The minimum absolute atomic E-state index is 0.954. The zero-order chi connectivity index (χ0) is 15.4. The van der Waals surface area contributed by atoms with E-state index in [1.165, 1.54) is 32.3 Å². The standard InChI is InChI=1S/C21H21N/c1-16-7-3-4-8-17(16)11-12-19-14-13-18-9-5-6-10-20(18)21(19)15-22-2/h3-10,12-15,22H,11H2,1-2H3/b19-12-,21-15+. The summed E-state index contributed by atoms with van der Waals surface area (Å²) in [5, 5.41) is 8.28. The Morgan fingerprint density at radius 3 is 2.50 bits per heavy atom. The van der Waals surface area contributed by atoms with Gasteiger partial charge in [0.15, 0.2) is 0 Å². The van der Waals surface area contributed by atoms with Gasteiger partial charge in [-0.1, -0.05) is 66.7 Å². The Hall–Kier alpha value is -2.54. The molecule has 0 fully saturated rings. The lowest BCUT2D eigenvalue weighted by atomic mass is 10.0. The summed E-state index contributed by atoms with van der Waals surface area (Å²) in [5.41, 5.74) is 2.73. The monoisotopic (exact) mass is 287 g/mol. The van der Waals surface area contributed by atoms with Crippen LogP contribution in [0.1, 0.15) is 11.1 Å². The Kier molecular flexibility index (Phi) is 4.24. The zero-order valence-corrected chi connectivity index (χ0v) is 13.1. The van der Waals surface area contributed by atoms with E-state index in [1.807, 2.05) is 7.05 Å². The predicted octanol–water partition coefficient (Wildman–Crippen LogP) is 3.13. The lowest BCUT2D eigenvalue weighted by molar-refractivity contribution is 1.17. The van der Waals surface area contributed by atoms with E-state index in [0.29, 0.717) is 0 Å². The first-order chi connectivity index (χ1) is 10.8. The summed E-state index contributed by atoms with van der Waals surface area (Å²) < 4.78 is 0. The van der Waals surface area contributed by atoms with Crippen molar-refractivity contribution in [3.05, 3.63) is 82.2 Å². The van der Waals surface area contributed by atoms with E-state index in [-0.39, 0.29) is 0 Å². The second-order valence-corrected chi connectivity index (χ2v) is 5.56. The smallest absolute Gasteiger partial charge is 0.00485 e. The number of nitrogens with one attached hydrogen (secondary N) is 1. The highest BCUT2D eigenvalue weighted by molar-refractivity contribution is 5.83. The summed E-state index contributed by atoms with van der Waals surface area (Å²) in [6.45, 7) is 2.17. The molecule has 3 aromatic carbocycles. The fourth-order valence-electron chi connectivity index (χ4n) is 2.85. The molecule has 3 aromatic rings. The second-order valence-electron chi connectivity index (χ2n) is 5.56.